The maximum atomic E-state index is 2.65. The second kappa shape index (κ2) is 6.58. The van der Waals surface area contributed by atoms with Crippen LogP contribution in [0.2, 0.25) is 0 Å². The predicted octanol–water partition coefficient (Wildman–Crippen LogP) is 3.48. The molecule has 0 spiro atoms. The molecule has 112 valence electrons. The van der Waals surface area contributed by atoms with Gasteiger partial charge in [0.1, 0.15) is 0 Å². The Hall–Kier alpha value is -0.0800. The number of likely N-dealkylation sites (tertiary alicyclic amines) is 2. The number of rotatable bonds is 7. The summed E-state index contributed by atoms with van der Waals surface area (Å²) in [6, 6.07) is 0. The van der Waals surface area contributed by atoms with Crippen molar-refractivity contribution in [1.82, 2.24) is 9.80 Å². The Morgan fingerprint density at radius 2 is 1.42 bits per heavy atom. The van der Waals surface area contributed by atoms with Crippen LogP contribution >= 0.6 is 0 Å². The molecule has 0 saturated carbocycles. The van der Waals surface area contributed by atoms with Gasteiger partial charge in [-0.25, -0.2) is 0 Å². The van der Waals surface area contributed by atoms with E-state index in [1.165, 1.54) is 64.8 Å². The van der Waals surface area contributed by atoms with Gasteiger partial charge < -0.3 is 9.80 Å². The highest BCUT2D eigenvalue weighted by atomic mass is 15.2. The SMILES string of the molecule is CN1CC(CCCCC2CN(CCC(C)(C)C)C2)C1. The summed E-state index contributed by atoms with van der Waals surface area (Å²) in [6.45, 7) is 13.8. The normalized spacial score (nSPS) is 23.4. The minimum absolute atomic E-state index is 0.501. The van der Waals surface area contributed by atoms with Crippen LogP contribution in [-0.2, 0) is 0 Å². The van der Waals surface area contributed by atoms with E-state index in [-0.39, 0.29) is 0 Å². The minimum Gasteiger partial charge on any atom is -0.306 e. The summed E-state index contributed by atoms with van der Waals surface area (Å²) in [5.41, 5.74) is 0.501. The molecule has 0 atom stereocenters. The Kier molecular flexibility index (Phi) is 5.30. The lowest BCUT2D eigenvalue weighted by Gasteiger charge is -2.41. The topological polar surface area (TPSA) is 6.48 Å². The molecule has 0 aromatic heterocycles. The first kappa shape index (κ1) is 15.3. The highest BCUT2D eigenvalue weighted by Crippen LogP contribution is 2.26. The van der Waals surface area contributed by atoms with Gasteiger partial charge in [-0.05, 0) is 50.1 Å². The lowest BCUT2D eigenvalue weighted by atomic mass is 9.88. The molecule has 2 fully saturated rings. The van der Waals surface area contributed by atoms with Crippen LogP contribution in [0.4, 0.5) is 0 Å². The third kappa shape index (κ3) is 5.43. The molecule has 0 amide bonds. The molecule has 0 radical (unpaired) electrons. The summed E-state index contributed by atoms with van der Waals surface area (Å²) in [7, 11) is 2.23. The number of nitrogens with zero attached hydrogens (tertiary/aromatic N) is 2. The van der Waals surface area contributed by atoms with Gasteiger partial charge in [-0.15, -0.1) is 0 Å². The van der Waals surface area contributed by atoms with Gasteiger partial charge in [-0.3, -0.25) is 0 Å². The van der Waals surface area contributed by atoms with Crippen molar-refractivity contribution in [3.8, 4) is 0 Å². The highest BCUT2D eigenvalue weighted by Gasteiger charge is 2.27. The summed E-state index contributed by atoms with van der Waals surface area (Å²) in [6.07, 6.45) is 7.24. The van der Waals surface area contributed by atoms with Crippen molar-refractivity contribution < 1.29 is 0 Å². The van der Waals surface area contributed by atoms with E-state index in [1.54, 1.807) is 0 Å². The fourth-order valence-electron chi connectivity index (χ4n) is 3.41. The zero-order valence-electron chi connectivity index (χ0n) is 13.6. The molecule has 0 N–H and O–H groups in total. The second-order valence-electron chi connectivity index (χ2n) is 8.31. The summed E-state index contributed by atoms with van der Waals surface area (Å²) < 4.78 is 0. The third-order valence-electron chi connectivity index (χ3n) is 4.83. The van der Waals surface area contributed by atoms with Crippen LogP contribution in [-0.4, -0.2) is 49.6 Å². The third-order valence-corrected chi connectivity index (χ3v) is 4.83. The van der Waals surface area contributed by atoms with Gasteiger partial charge in [0.15, 0.2) is 0 Å². The van der Waals surface area contributed by atoms with Crippen molar-refractivity contribution in [2.45, 2.75) is 52.9 Å². The Morgan fingerprint density at radius 3 is 1.89 bits per heavy atom. The van der Waals surface area contributed by atoms with E-state index in [0.717, 1.165) is 11.8 Å². The minimum atomic E-state index is 0.501. The van der Waals surface area contributed by atoms with Crippen molar-refractivity contribution in [1.29, 1.82) is 0 Å². The van der Waals surface area contributed by atoms with Crippen molar-refractivity contribution in [3.63, 3.8) is 0 Å². The van der Waals surface area contributed by atoms with E-state index in [1.807, 2.05) is 0 Å². The molecule has 2 heteroatoms. The molecular weight excluding hydrogens is 232 g/mol. The quantitative estimate of drug-likeness (QED) is 0.651. The van der Waals surface area contributed by atoms with E-state index in [9.17, 15) is 0 Å². The Labute approximate surface area is 120 Å². The first-order valence-electron chi connectivity index (χ1n) is 8.33. The molecule has 2 rings (SSSR count). The molecule has 19 heavy (non-hydrogen) atoms. The Morgan fingerprint density at radius 1 is 0.895 bits per heavy atom. The highest BCUT2D eigenvalue weighted by molar-refractivity contribution is 4.81. The lowest BCUT2D eigenvalue weighted by molar-refractivity contribution is 0.0778. The van der Waals surface area contributed by atoms with Crippen LogP contribution < -0.4 is 0 Å². The molecule has 2 aliphatic rings. The Balaban J connectivity index is 1.40. The molecule has 2 aliphatic heterocycles. The molecule has 0 unspecified atom stereocenters. The van der Waals surface area contributed by atoms with Gasteiger partial charge >= 0.3 is 0 Å². The average molecular weight is 266 g/mol. The maximum absolute atomic E-state index is 2.65. The van der Waals surface area contributed by atoms with Gasteiger partial charge in [0.2, 0.25) is 0 Å². The first-order valence-corrected chi connectivity index (χ1v) is 8.33. The second-order valence-corrected chi connectivity index (χ2v) is 8.31. The molecule has 2 saturated heterocycles. The molecule has 0 aromatic carbocycles. The number of hydrogen-bond donors (Lipinski definition) is 0. The van der Waals surface area contributed by atoms with Gasteiger partial charge in [-0.1, -0.05) is 33.6 Å². The zero-order valence-corrected chi connectivity index (χ0v) is 13.6. The molecule has 2 nitrogen and oxygen atoms in total. The van der Waals surface area contributed by atoms with Gasteiger partial charge in [-0.2, -0.15) is 0 Å². The van der Waals surface area contributed by atoms with Crippen LogP contribution in [0.1, 0.15) is 52.9 Å². The average Bonchev–Trinajstić information content (AvgIpc) is 2.20. The van der Waals surface area contributed by atoms with Crippen molar-refractivity contribution in [3.05, 3.63) is 0 Å². The number of unbranched alkanes of at least 4 members (excludes halogenated alkanes) is 1. The zero-order chi connectivity index (χ0) is 13.9. The van der Waals surface area contributed by atoms with Crippen molar-refractivity contribution in [2.75, 3.05) is 39.8 Å². The summed E-state index contributed by atoms with van der Waals surface area (Å²) in [5, 5.41) is 0. The molecule has 2 heterocycles. The lowest BCUT2D eigenvalue weighted by Crippen LogP contribution is -2.47. The van der Waals surface area contributed by atoms with E-state index in [0.29, 0.717) is 5.41 Å². The first-order chi connectivity index (χ1) is 8.92. The smallest absolute Gasteiger partial charge is 0.00220 e. The molecular formula is C17H34N2. The fourth-order valence-corrected chi connectivity index (χ4v) is 3.41. The van der Waals surface area contributed by atoms with E-state index in [4.69, 9.17) is 0 Å². The maximum Gasteiger partial charge on any atom is 0.00220 e. The monoisotopic (exact) mass is 266 g/mol. The largest absolute Gasteiger partial charge is 0.306 e. The molecule has 0 aliphatic carbocycles. The van der Waals surface area contributed by atoms with Crippen molar-refractivity contribution in [2.24, 2.45) is 17.3 Å². The summed E-state index contributed by atoms with van der Waals surface area (Å²) >= 11 is 0. The summed E-state index contributed by atoms with van der Waals surface area (Å²) in [4.78, 5) is 5.08. The van der Waals surface area contributed by atoms with Gasteiger partial charge in [0.05, 0.1) is 0 Å². The standard InChI is InChI=1S/C17H34N2/c1-17(2,3)9-10-19-13-16(14-19)8-6-5-7-15-11-18(4)12-15/h15-16H,5-14H2,1-4H3. The molecule has 0 bridgehead atoms. The predicted molar refractivity (Wildman–Crippen MR) is 83.5 cm³/mol. The van der Waals surface area contributed by atoms with Crippen LogP contribution in [0, 0.1) is 17.3 Å². The van der Waals surface area contributed by atoms with Crippen LogP contribution in [0.3, 0.4) is 0 Å². The van der Waals surface area contributed by atoms with Crippen LogP contribution in [0.5, 0.6) is 0 Å². The van der Waals surface area contributed by atoms with E-state index >= 15 is 0 Å². The van der Waals surface area contributed by atoms with Crippen molar-refractivity contribution >= 4 is 0 Å². The van der Waals surface area contributed by atoms with Crippen LogP contribution in [0.25, 0.3) is 0 Å². The van der Waals surface area contributed by atoms with Gasteiger partial charge in [0, 0.05) is 26.2 Å². The van der Waals surface area contributed by atoms with E-state index < -0.39 is 0 Å². The number of hydrogen-bond acceptors (Lipinski definition) is 2. The van der Waals surface area contributed by atoms with Crippen LogP contribution in [0.15, 0.2) is 0 Å². The molecule has 0 aromatic rings. The van der Waals surface area contributed by atoms with Gasteiger partial charge in [0.25, 0.3) is 0 Å². The summed E-state index contributed by atoms with van der Waals surface area (Å²) in [5.74, 6) is 2.04. The van der Waals surface area contributed by atoms with E-state index in [2.05, 4.69) is 37.6 Å². The fraction of sp³-hybridized carbons (Fsp3) is 1.00. The Bertz CT molecular complexity index is 257.